The fourth-order valence-corrected chi connectivity index (χ4v) is 2.09. The van der Waals surface area contributed by atoms with Gasteiger partial charge in [-0.1, -0.05) is 25.7 Å². The predicted molar refractivity (Wildman–Crippen MR) is 65.1 cm³/mol. The van der Waals surface area contributed by atoms with Crippen molar-refractivity contribution < 1.29 is 27.4 Å². The Morgan fingerprint density at radius 1 is 0.789 bits per heavy atom. The Balaban J connectivity index is 1.85. The van der Waals surface area contributed by atoms with Crippen LogP contribution in [-0.2, 0) is 14.2 Å². The van der Waals surface area contributed by atoms with Crippen molar-refractivity contribution in [1.29, 1.82) is 0 Å². The molecule has 6 heteroatoms. The van der Waals surface area contributed by atoms with Crippen molar-refractivity contribution in [2.45, 2.75) is 50.8 Å². The van der Waals surface area contributed by atoms with Gasteiger partial charge >= 0.3 is 6.18 Å². The number of halogens is 3. The van der Waals surface area contributed by atoms with Crippen LogP contribution in [0.3, 0.4) is 0 Å². The third-order valence-electron chi connectivity index (χ3n) is 3.02. The Labute approximate surface area is 112 Å². The molecule has 0 radical (unpaired) electrons. The second-order valence-electron chi connectivity index (χ2n) is 4.76. The number of hydrogen-bond donors (Lipinski definition) is 0. The van der Waals surface area contributed by atoms with Gasteiger partial charge in [-0.05, 0) is 12.8 Å². The highest BCUT2D eigenvalue weighted by Crippen LogP contribution is 2.19. The monoisotopic (exact) mass is 284 g/mol. The summed E-state index contributed by atoms with van der Waals surface area (Å²) in [5, 5.41) is 0. The molecular weight excluding hydrogens is 261 g/mol. The molecule has 0 saturated heterocycles. The molecule has 1 aliphatic rings. The van der Waals surface area contributed by atoms with E-state index in [4.69, 9.17) is 9.47 Å². The Hall–Kier alpha value is -0.330. The first-order valence-corrected chi connectivity index (χ1v) is 6.92. The van der Waals surface area contributed by atoms with Gasteiger partial charge < -0.3 is 14.2 Å². The lowest BCUT2D eigenvalue weighted by atomic mass is 10.1. The first-order valence-electron chi connectivity index (χ1n) is 6.92. The van der Waals surface area contributed by atoms with E-state index in [1.54, 1.807) is 0 Å². The van der Waals surface area contributed by atoms with Crippen LogP contribution in [0, 0.1) is 0 Å². The lowest BCUT2D eigenvalue weighted by Crippen LogP contribution is -2.20. The maximum Gasteiger partial charge on any atom is 0.411 e. The van der Waals surface area contributed by atoms with Gasteiger partial charge in [-0.15, -0.1) is 0 Å². The van der Waals surface area contributed by atoms with Crippen molar-refractivity contribution in [2.24, 2.45) is 0 Å². The zero-order valence-corrected chi connectivity index (χ0v) is 11.2. The van der Waals surface area contributed by atoms with Gasteiger partial charge in [0.1, 0.15) is 6.61 Å². The molecule has 0 aromatic heterocycles. The maximum atomic E-state index is 11.7. The summed E-state index contributed by atoms with van der Waals surface area (Å²) in [5.41, 5.74) is 0. The smallest absolute Gasteiger partial charge is 0.377 e. The van der Waals surface area contributed by atoms with Crippen molar-refractivity contribution in [3.8, 4) is 0 Å². The molecule has 3 nitrogen and oxygen atoms in total. The topological polar surface area (TPSA) is 27.7 Å². The maximum absolute atomic E-state index is 11.7. The van der Waals surface area contributed by atoms with E-state index in [0.717, 1.165) is 12.8 Å². The van der Waals surface area contributed by atoms with E-state index in [9.17, 15) is 13.2 Å². The quantitative estimate of drug-likeness (QED) is 0.505. The molecule has 19 heavy (non-hydrogen) atoms. The van der Waals surface area contributed by atoms with E-state index in [1.165, 1.54) is 25.7 Å². The number of rotatable bonds is 8. The molecular formula is C13H23F3O3. The van der Waals surface area contributed by atoms with Gasteiger partial charge in [-0.3, -0.25) is 0 Å². The van der Waals surface area contributed by atoms with Crippen LogP contribution >= 0.6 is 0 Å². The van der Waals surface area contributed by atoms with E-state index >= 15 is 0 Å². The van der Waals surface area contributed by atoms with E-state index in [1.807, 2.05) is 0 Å². The van der Waals surface area contributed by atoms with E-state index < -0.39 is 12.8 Å². The summed E-state index contributed by atoms with van der Waals surface area (Å²) < 4.78 is 50.5. The van der Waals surface area contributed by atoms with Crippen LogP contribution < -0.4 is 0 Å². The van der Waals surface area contributed by atoms with Gasteiger partial charge in [0, 0.05) is 0 Å². The summed E-state index contributed by atoms with van der Waals surface area (Å²) in [5.74, 6) is 0. The van der Waals surface area contributed by atoms with Gasteiger partial charge in [-0.25, -0.2) is 0 Å². The average molecular weight is 284 g/mol. The lowest BCUT2D eigenvalue weighted by Gasteiger charge is -2.15. The fourth-order valence-electron chi connectivity index (χ4n) is 2.09. The van der Waals surface area contributed by atoms with Crippen LogP contribution in [0.4, 0.5) is 13.2 Å². The second-order valence-corrected chi connectivity index (χ2v) is 4.76. The molecule has 0 atom stereocenters. The first kappa shape index (κ1) is 16.7. The van der Waals surface area contributed by atoms with Crippen molar-refractivity contribution >= 4 is 0 Å². The molecule has 1 aliphatic carbocycles. The van der Waals surface area contributed by atoms with E-state index in [0.29, 0.717) is 19.3 Å². The number of ether oxygens (including phenoxy) is 3. The van der Waals surface area contributed by atoms with Crippen LogP contribution in [0.25, 0.3) is 0 Å². The third kappa shape index (κ3) is 10.2. The molecule has 1 fully saturated rings. The lowest BCUT2D eigenvalue weighted by molar-refractivity contribution is -0.176. The minimum atomic E-state index is -4.26. The van der Waals surface area contributed by atoms with Gasteiger partial charge in [0.15, 0.2) is 0 Å². The Morgan fingerprint density at radius 3 is 2.00 bits per heavy atom. The van der Waals surface area contributed by atoms with Gasteiger partial charge in [-0.2, -0.15) is 13.2 Å². The highest BCUT2D eigenvalue weighted by Gasteiger charge is 2.27. The highest BCUT2D eigenvalue weighted by atomic mass is 19.4. The Bertz CT molecular complexity index is 214. The second kappa shape index (κ2) is 9.55. The van der Waals surface area contributed by atoms with Crippen LogP contribution in [-0.4, -0.2) is 45.3 Å². The minimum absolute atomic E-state index is 0.0388. The molecule has 0 aromatic rings. The molecule has 1 saturated carbocycles. The van der Waals surface area contributed by atoms with Crippen molar-refractivity contribution in [3.05, 3.63) is 0 Å². The molecule has 0 bridgehead atoms. The molecule has 0 aliphatic heterocycles. The third-order valence-corrected chi connectivity index (χ3v) is 3.02. The fraction of sp³-hybridized carbons (Fsp3) is 1.00. The van der Waals surface area contributed by atoms with Crippen LogP contribution in [0.2, 0.25) is 0 Å². The van der Waals surface area contributed by atoms with E-state index in [2.05, 4.69) is 4.74 Å². The van der Waals surface area contributed by atoms with Crippen molar-refractivity contribution in [1.82, 2.24) is 0 Å². The molecule has 1 rings (SSSR count). The molecule has 0 amide bonds. The highest BCUT2D eigenvalue weighted by molar-refractivity contribution is 4.63. The molecule has 0 spiro atoms. The van der Waals surface area contributed by atoms with E-state index in [-0.39, 0.29) is 13.2 Å². The largest absolute Gasteiger partial charge is 0.411 e. The zero-order chi connectivity index (χ0) is 14.0. The van der Waals surface area contributed by atoms with Crippen LogP contribution in [0.15, 0.2) is 0 Å². The SMILES string of the molecule is FC(F)(F)COCCOCCOC1CCCCCC1. The normalized spacial score (nSPS) is 18.5. The zero-order valence-electron chi connectivity index (χ0n) is 11.2. The van der Waals surface area contributed by atoms with Gasteiger partial charge in [0.2, 0.25) is 0 Å². The molecule has 0 N–H and O–H groups in total. The number of alkyl halides is 3. The summed E-state index contributed by atoms with van der Waals surface area (Å²) in [4.78, 5) is 0. The summed E-state index contributed by atoms with van der Waals surface area (Å²) in [6.07, 6.45) is 3.28. The summed E-state index contributed by atoms with van der Waals surface area (Å²) in [6.45, 7) is -0.169. The predicted octanol–water partition coefficient (Wildman–Crippen LogP) is 3.32. The van der Waals surface area contributed by atoms with Crippen LogP contribution in [0.1, 0.15) is 38.5 Å². The molecule has 114 valence electrons. The van der Waals surface area contributed by atoms with Gasteiger partial charge in [0.05, 0.1) is 32.5 Å². The first-order chi connectivity index (χ1) is 9.08. The molecule has 0 aromatic carbocycles. The summed E-state index contributed by atoms with van der Waals surface area (Å²) in [7, 11) is 0. The summed E-state index contributed by atoms with van der Waals surface area (Å²) >= 11 is 0. The minimum Gasteiger partial charge on any atom is -0.377 e. The van der Waals surface area contributed by atoms with Gasteiger partial charge in [0.25, 0.3) is 0 Å². The molecule has 0 heterocycles. The van der Waals surface area contributed by atoms with Crippen molar-refractivity contribution in [3.63, 3.8) is 0 Å². The summed E-state index contributed by atoms with van der Waals surface area (Å²) in [6, 6.07) is 0. The Morgan fingerprint density at radius 2 is 1.37 bits per heavy atom. The number of hydrogen-bond acceptors (Lipinski definition) is 3. The average Bonchev–Trinajstić information content (AvgIpc) is 2.60. The van der Waals surface area contributed by atoms with Crippen LogP contribution in [0.5, 0.6) is 0 Å². The standard InChI is InChI=1S/C13H23F3O3/c14-13(15,16)11-18-8-7-17-9-10-19-12-5-3-1-2-4-6-12/h12H,1-11H2. The molecule has 0 unspecified atom stereocenters. The Kier molecular flexibility index (Phi) is 8.41. The van der Waals surface area contributed by atoms with Crippen molar-refractivity contribution in [2.75, 3.05) is 33.0 Å².